The van der Waals surface area contributed by atoms with Crippen LogP contribution < -0.4 is 9.47 Å². The van der Waals surface area contributed by atoms with E-state index in [1.54, 1.807) is 56.7 Å². The molecule has 216 valence electrons. The van der Waals surface area contributed by atoms with Crippen LogP contribution in [0.5, 0.6) is 11.5 Å². The van der Waals surface area contributed by atoms with Gasteiger partial charge in [-0.05, 0) is 47.5 Å². The molecule has 0 saturated heterocycles. The Morgan fingerprint density at radius 2 is 1.34 bits per heavy atom. The quantitative estimate of drug-likeness (QED) is 0.294. The van der Waals surface area contributed by atoms with E-state index in [9.17, 15) is 14.4 Å². The monoisotopic (exact) mass is 562 g/mol. The van der Waals surface area contributed by atoms with Gasteiger partial charge in [-0.2, -0.15) is 0 Å². The summed E-state index contributed by atoms with van der Waals surface area (Å²) in [5.41, 5.74) is 2.01. The first kappa shape index (κ1) is 29.8. The number of ketones is 1. The first-order valence-corrected chi connectivity index (χ1v) is 13.3. The van der Waals surface area contributed by atoms with Gasteiger partial charge >= 0.3 is 11.9 Å². The molecule has 41 heavy (non-hydrogen) atoms. The first-order valence-electron chi connectivity index (χ1n) is 13.3. The summed E-state index contributed by atoms with van der Waals surface area (Å²) >= 11 is 0. The number of rotatable bonds is 12. The van der Waals surface area contributed by atoms with Crippen molar-refractivity contribution >= 4 is 17.7 Å². The highest BCUT2D eigenvalue weighted by atomic mass is 16.6. The third-order valence-electron chi connectivity index (χ3n) is 6.77. The van der Waals surface area contributed by atoms with Gasteiger partial charge in [0.25, 0.3) is 0 Å². The fourth-order valence-electron chi connectivity index (χ4n) is 4.66. The molecule has 0 amide bonds. The van der Waals surface area contributed by atoms with Crippen molar-refractivity contribution in [2.75, 3.05) is 20.8 Å². The summed E-state index contributed by atoms with van der Waals surface area (Å²) < 4.78 is 34.0. The maximum absolute atomic E-state index is 13.4. The highest BCUT2D eigenvalue weighted by molar-refractivity contribution is 5.93. The zero-order chi connectivity index (χ0) is 29.2. The minimum Gasteiger partial charge on any atom is -0.497 e. The number of ether oxygens (including phenoxy) is 6. The molecule has 0 bridgehead atoms. The van der Waals surface area contributed by atoms with Crippen LogP contribution in [-0.2, 0) is 41.8 Å². The maximum Gasteiger partial charge on any atom is 0.338 e. The SMILES string of the molecule is COc1ccc(COC[C@H]2CC(=O)[C@H](OC(=O)c3ccccc3)[C@@H](OCc3ccc(OC)cc3)[C@@H]2OC(C)=O)cc1. The van der Waals surface area contributed by atoms with Gasteiger partial charge in [-0.3, -0.25) is 9.59 Å². The molecule has 9 nitrogen and oxygen atoms in total. The van der Waals surface area contributed by atoms with Gasteiger partial charge in [-0.1, -0.05) is 42.5 Å². The van der Waals surface area contributed by atoms with Gasteiger partial charge in [-0.15, -0.1) is 0 Å². The maximum atomic E-state index is 13.4. The fraction of sp³-hybridized carbons (Fsp3) is 0.344. The van der Waals surface area contributed by atoms with Gasteiger partial charge in [0.05, 0.1) is 39.6 Å². The van der Waals surface area contributed by atoms with Crippen molar-refractivity contribution < 1.29 is 42.8 Å². The first-order chi connectivity index (χ1) is 19.9. The van der Waals surface area contributed by atoms with Gasteiger partial charge in [0, 0.05) is 19.3 Å². The molecule has 0 radical (unpaired) electrons. The Labute approximate surface area is 239 Å². The summed E-state index contributed by atoms with van der Waals surface area (Å²) in [6.07, 6.45) is -3.24. The van der Waals surface area contributed by atoms with E-state index in [0.717, 1.165) is 16.9 Å². The smallest absolute Gasteiger partial charge is 0.338 e. The topological polar surface area (TPSA) is 107 Å². The van der Waals surface area contributed by atoms with Crippen molar-refractivity contribution in [3.8, 4) is 11.5 Å². The third-order valence-corrected chi connectivity index (χ3v) is 6.77. The standard InChI is InChI=1S/C32H34O9/c1-21(33)40-29-25(20-38-18-22-9-13-26(36-2)14-10-22)17-28(34)30(41-32(35)24-7-5-4-6-8-24)31(29)39-19-23-11-15-27(37-3)16-12-23/h4-16,25,29-31H,17-20H2,1-3H3/t25-,29-,30+,31+/m1/s1. The minimum atomic E-state index is -1.27. The van der Waals surface area contributed by atoms with E-state index < -0.39 is 36.2 Å². The summed E-state index contributed by atoms with van der Waals surface area (Å²) in [7, 11) is 3.17. The van der Waals surface area contributed by atoms with E-state index in [1.807, 2.05) is 36.4 Å². The normalized spacial score (nSPS) is 20.2. The Morgan fingerprint density at radius 3 is 1.90 bits per heavy atom. The van der Waals surface area contributed by atoms with Gasteiger partial charge in [0.2, 0.25) is 0 Å². The van der Waals surface area contributed by atoms with Crippen LogP contribution in [0.1, 0.15) is 34.8 Å². The van der Waals surface area contributed by atoms with E-state index >= 15 is 0 Å². The average molecular weight is 563 g/mol. The van der Waals surface area contributed by atoms with Crippen LogP contribution in [0.25, 0.3) is 0 Å². The average Bonchev–Trinajstić information content (AvgIpc) is 2.99. The van der Waals surface area contributed by atoms with Crippen LogP contribution in [0.4, 0.5) is 0 Å². The molecule has 1 aliphatic rings. The van der Waals surface area contributed by atoms with Crippen molar-refractivity contribution in [1.82, 2.24) is 0 Å². The van der Waals surface area contributed by atoms with E-state index in [1.165, 1.54) is 6.92 Å². The lowest BCUT2D eigenvalue weighted by atomic mass is 9.81. The lowest BCUT2D eigenvalue weighted by molar-refractivity contribution is -0.190. The Bertz CT molecular complexity index is 1290. The zero-order valence-electron chi connectivity index (χ0n) is 23.3. The molecule has 0 spiro atoms. The van der Waals surface area contributed by atoms with E-state index in [-0.39, 0.29) is 32.0 Å². The van der Waals surface area contributed by atoms with Crippen molar-refractivity contribution in [2.24, 2.45) is 5.92 Å². The summed E-state index contributed by atoms with van der Waals surface area (Å²) in [6.45, 7) is 1.78. The van der Waals surface area contributed by atoms with E-state index in [2.05, 4.69) is 0 Å². The van der Waals surface area contributed by atoms with Crippen molar-refractivity contribution in [3.63, 3.8) is 0 Å². The van der Waals surface area contributed by atoms with Crippen molar-refractivity contribution in [2.45, 2.75) is 44.9 Å². The van der Waals surface area contributed by atoms with Crippen LogP contribution in [-0.4, -0.2) is 56.9 Å². The van der Waals surface area contributed by atoms with Crippen LogP contribution in [0, 0.1) is 5.92 Å². The van der Waals surface area contributed by atoms with E-state index in [4.69, 9.17) is 28.4 Å². The summed E-state index contributed by atoms with van der Waals surface area (Å²) in [5, 5.41) is 0. The molecule has 3 aromatic rings. The molecule has 1 fully saturated rings. The number of hydrogen-bond acceptors (Lipinski definition) is 9. The molecule has 3 aromatic carbocycles. The summed E-state index contributed by atoms with van der Waals surface area (Å²) in [5.74, 6) is -0.654. The molecule has 4 atom stereocenters. The Morgan fingerprint density at radius 1 is 0.756 bits per heavy atom. The predicted molar refractivity (Wildman–Crippen MR) is 149 cm³/mol. The fourth-order valence-corrected chi connectivity index (χ4v) is 4.66. The molecule has 0 aromatic heterocycles. The van der Waals surface area contributed by atoms with E-state index in [0.29, 0.717) is 11.3 Å². The summed E-state index contributed by atoms with van der Waals surface area (Å²) in [4.78, 5) is 38.6. The highest BCUT2D eigenvalue weighted by Crippen LogP contribution is 2.32. The minimum absolute atomic E-state index is 0.0182. The number of carbonyl (C=O) groups excluding carboxylic acids is 3. The number of esters is 2. The molecule has 9 heteroatoms. The number of Topliss-reactive ketones (excluding diaryl/α,β-unsaturated/α-hetero) is 1. The number of hydrogen-bond donors (Lipinski definition) is 0. The van der Waals surface area contributed by atoms with Gasteiger partial charge in [-0.25, -0.2) is 4.79 Å². The second-order valence-electron chi connectivity index (χ2n) is 9.68. The molecule has 1 saturated carbocycles. The Hall–Kier alpha value is -4.21. The molecule has 1 aliphatic carbocycles. The molecule has 0 N–H and O–H groups in total. The van der Waals surface area contributed by atoms with Crippen LogP contribution in [0.15, 0.2) is 78.9 Å². The lowest BCUT2D eigenvalue weighted by Crippen LogP contribution is -2.56. The molecule has 0 heterocycles. The Balaban J connectivity index is 1.54. The van der Waals surface area contributed by atoms with Crippen LogP contribution >= 0.6 is 0 Å². The number of carbonyl (C=O) groups is 3. The zero-order valence-corrected chi connectivity index (χ0v) is 23.3. The molecular weight excluding hydrogens is 528 g/mol. The molecule has 0 unspecified atom stereocenters. The second-order valence-corrected chi connectivity index (χ2v) is 9.68. The number of methoxy groups -OCH3 is 2. The highest BCUT2D eigenvalue weighted by Gasteiger charge is 2.49. The lowest BCUT2D eigenvalue weighted by Gasteiger charge is -2.40. The Kier molecular flexibility index (Phi) is 10.5. The van der Waals surface area contributed by atoms with Gasteiger partial charge in [0.1, 0.15) is 23.7 Å². The predicted octanol–water partition coefficient (Wildman–Crippen LogP) is 4.55. The van der Waals surface area contributed by atoms with Crippen molar-refractivity contribution in [3.05, 3.63) is 95.6 Å². The number of benzene rings is 3. The molecule has 0 aliphatic heterocycles. The molecular formula is C32H34O9. The van der Waals surface area contributed by atoms with Gasteiger partial charge in [0.15, 0.2) is 11.9 Å². The second kappa shape index (κ2) is 14.4. The van der Waals surface area contributed by atoms with Crippen LogP contribution in [0.3, 0.4) is 0 Å². The van der Waals surface area contributed by atoms with Gasteiger partial charge < -0.3 is 28.4 Å². The largest absolute Gasteiger partial charge is 0.497 e. The summed E-state index contributed by atoms with van der Waals surface area (Å²) in [6, 6.07) is 23.0. The van der Waals surface area contributed by atoms with Crippen LogP contribution in [0.2, 0.25) is 0 Å². The molecule has 4 rings (SSSR count). The third kappa shape index (κ3) is 8.15. The van der Waals surface area contributed by atoms with Crippen molar-refractivity contribution in [1.29, 1.82) is 0 Å².